The van der Waals surface area contributed by atoms with Gasteiger partial charge in [0, 0.05) is 43.5 Å². The molecule has 0 atom stereocenters. The van der Waals surface area contributed by atoms with Crippen LogP contribution in [0.15, 0.2) is 109 Å². The summed E-state index contributed by atoms with van der Waals surface area (Å²) < 4.78 is 0. The first kappa shape index (κ1) is 29.2. The Kier molecular flexibility index (Phi) is 5.64. The van der Waals surface area contributed by atoms with E-state index in [1.807, 2.05) is 0 Å². The second kappa shape index (κ2) is 10.0. The molecule has 52 heavy (non-hydrogen) atoms. The largest absolute Gasteiger partial charge is 0.324 e. The maximum Gasteiger partial charge on any atom is 0.165 e. The van der Waals surface area contributed by atoms with E-state index in [1.54, 1.807) is 0 Å². The molecule has 8 nitrogen and oxygen atoms in total. The third-order valence-electron chi connectivity index (χ3n) is 11.7. The Morgan fingerprint density at radius 2 is 0.846 bits per heavy atom. The zero-order valence-electron chi connectivity index (χ0n) is 29.1. The smallest absolute Gasteiger partial charge is 0.165 e. The summed E-state index contributed by atoms with van der Waals surface area (Å²) >= 11 is 0. The first-order valence-electron chi connectivity index (χ1n) is 17.6. The monoisotopic (exact) mass is 672 g/mol. The summed E-state index contributed by atoms with van der Waals surface area (Å²) in [6.07, 6.45) is 0. The molecule has 0 amide bonds. The lowest BCUT2D eigenvalue weighted by molar-refractivity contribution is 0.310. The average molecular weight is 673 g/mol. The fraction of sp³-hybridized carbons (Fsp3) is 0.136. The maximum absolute atomic E-state index is 5.38. The lowest BCUT2D eigenvalue weighted by Crippen LogP contribution is -2.37. The van der Waals surface area contributed by atoms with Crippen LogP contribution >= 0.6 is 0 Å². The number of nitrogens with one attached hydrogen (secondary N) is 2. The van der Waals surface area contributed by atoms with Gasteiger partial charge in [-0.2, -0.15) is 0 Å². The highest BCUT2D eigenvalue weighted by Crippen LogP contribution is 2.46. The van der Waals surface area contributed by atoms with Gasteiger partial charge in [0.15, 0.2) is 11.6 Å². The third kappa shape index (κ3) is 3.86. The molecule has 8 bridgehead atoms. The van der Waals surface area contributed by atoms with Crippen molar-refractivity contribution in [3.8, 4) is 22.8 Å². The molecule has 5 heterocycles. The number of benzene rings is 6. The predicted octanol–water partition coefficient (Wildman–Crippen LogP) is 10.3. The number of hydrogen-bond donors (Lipinski definition) is 2. The molecule has 0 fully saturated rings. The Morgan fingerprint density at radius 1 is 0.385 bits per heavy atom. The van der Waals surface area contributed by atoms with Gasteiger partial charge in [0.1, 0.15) is 34.2 Å². The molecule has 248 valence electrons. The van der Waals surface area contributed by atoms with Gasteiger partial charge in [-0.1, -0.05) is 119 Å². The van der Waals surface area contributed by atoms with E-state index in [-0.39, 0.29) is 0 Å². The summed E-state index contributed by atoms with van der Waals surface area (Å²) in [5.74, 6) is 2.61. The highest BCUT2D eigenvalue weighted by Gasteiger charge is 2.48. The molecule has 0 radical (unpaired) electrons. The van der Waals surface area contributed by atoms with E-state index >= 15 is 0 Å². The van der Waals surface area contributed by atoms with E-state index in [0.717, 1.165) is 65.0 Å². The number of aromatic nitrogens is 8. The van der Waals surface area contributed by atoms with Crippen LogP contribution in [-0.2, 0) is 10.8 Å². The summed E-state index contributed by atoms with van der Waals surface area (Å²) in [4.78, 5) is 39.1. The summed E-state index contributed by atoms with van der Waals surface area (Å²) in [5, 5.41) is 10.6. The quantitative estimate of drug-likeness (QED) is 0.166. The predicted molar refractivity (Wildman–Crippen MR) is 210 cm³/mol. The molecule has 2 N–H and O–H groups in total. The fourth-order valence-corrected chi connectivity index (χ4v) is 8.05. The highest BCUT2D eigenvalue weighted by atomic mass is 15.1. The van der Waals surface area contributed by atoms with Crippen molar-refractivity contribution in [3.05, 3.63) is 121 Å². The van der Waals surface area contributed by atoms with Crippen LogP contribution in [0.5, 0.6) is 0 Å². The SMILES string of the molecule is CC1(C)c2nc(nc3[nH]c(nc4nc(nc5[nH]c(n2)c2ccc6ccccc6c52)-c2c-4ccc4ccccc24)c2ccc4ccccc4c32)C1(C)C. The molecule has 2 aliphatic heterocycles. The van der Waals surface area contributed by atoms with Crippen LogP contribution in [0.3, 0.4) is 0 Å². The summed E-state index contributed by atoms with van der Waals surface area (Å²) in [5.41, 5.74) is 3.80. The summed E-state index contributed by atoms with van der Waals surface area (Å²) in [7, 11) is 0. The first-order chi connectivity index (χ1) is 25.3. The summed E-state index contributed by atoms with van der Waals surface area (Å²) in [6.45, 7) is 8.81. The molecule has 0 aliphatic carbocycles. The molecular formula is C44H32N8. The molecular weight excluding hydrogens is 641 g/mol. The zero-order valence-corrected chi connectivity index (χ0v) is 29.1. The number of nitrogens with zero attached hydrogens (tertiary/aromatic N) is 6. The van der Waals surface area contributed by atoms with Gasteiger partial charge in [0.2, 0.25) is 0 Å². The van der Waals surface area contributed by atoms with Crippen molar-refractivity contribution >= 4 is 76.5 Å². The normalized spacial score (nSPS) is 14.8. The van der Waals surface area contributed by atoms with Gasteiger partial charge >= 0.3 is 0 Å². The van der Waals surface area contributed by atoms with E-state index in [1.165, 1.54) is 0 Å². The lowest BCUT2D eigenvalue weighted by Gasteiger charge is -2.32. The number of H-pyrrole nitrogens is 2. The van der Waals surface area contributed by atoms with Gasteiger partial charge in [0.25, 0.3) is 0 Å². The number of rotatable bonds is 0. The van der Waals surface area contributed by atoms with Gasteiger partial charge in [-0.15, -0.1) is 0 Å². The Labute approximate surface area is 297 Å². The molecule has 0 unspecified atom stereocenters. The van der Waals surface area contributed by atoms with E-state index in [4.69, 9.17) is 29.9 Å². The molecule has 11 rings (SSSR count). The molecule has 3 aromatic heterocycles. The van der Waals surface area contributed by atoms with Crippen molar-refractivity contribution in [3.63, 3.8) is 0 Å². The molecule has 0 spiro atoms. The molecule has 8 heteroatoms. The second-order valence-corrected chi connectivity index (χ2v) is 15.0. The van der Waals surface area contributed by atoms with E-state index in [2.05, 4.69) is 147 Å². The van der Waals surface area contributed by atoms with Gasteiger partial charge in [-0.3, -0.25) is 0 Å². The van der Waals surface area contributed by atoms with Crippen molar-refractivity contribution in [2.45, 2.75) is 38.5 Å². The number of hydrogen-bond acceptors (Lipinski definition) is 6. The first-order valence-corrected chi connectivity index (χ1v) is 17.6. The Hall–Kier alpha value is -6.54. The van der Waals surface area contributed by atoms with Crippen LogP contribution in [0.4, 0.5) is 0 Å². The van der Waals surface area contributed by atoms with Crippen molar-refractivity contribution in [2.75, 3.05) is 0 Å². The number of fused-ring (bicyclic) bond motifs is 23. The fourth-order valence-electron chi connectivity index (χ4n) is 8.05. The Bertz CT molecular complexity index is 3200. The zero-order chi connectivity index (χ0) is 34.9. The third-order valence-corrected chi connectivity index (χ3v) is 11.7. The highest BCUT2D eigenvalue weighted by molar-refractivity contribution is 6.20. The van der Waals surface area contributed by atoms with Crippen molar-refractivity contribution < 1.29 is 0 Å². The van der Waals surface area contributed by atoms with Gasteiger partial charge in [0.05, 0.1) is 0 Å². The molecule has 2 aliphatic rings. The van der Waals surface area contributed by atoms with Crippen molar-refractivity contribution in [2.24, 2.45) is 0 Å². The Balaban J connectivity index is 1.39. The van der Waals surface area contributed by atoms with Crippen molar-refractivity contribution in [1.82, 2.24) is 39.9 Å². The number of aromatic amines is 2. The van der Waals surface area contributed by atoms with Crippen LogP contribution in [0.25, 0.3) is 99.2 Å². The lowest BCUT2D eigenvalue weighted by atomic mass is 9.69. The topological polar surface area (TPSA) is 109 Å². The molecule has 9 aromatic rings. The van der Waals surface area contributed by atoms with Gasteiger partial charge in [-0.05, 0) is 50.5 Å². The minimum Gasteiger partial charge on any atom is -0.324 e. The molecule has 0 saturated carbocycles. The van der Waals surface area contributed by atoms with E-state index in [9.17, 15) is 0 Å². The standard InChI is InChI=1S/C44H32N8/c1-43(2)41-50-37-31-22-19-24-12-6-9-15-27(24)33(31)39(48-37)49-38-32-26-14-8-5-11-23(26)17-20-29(32)35(46-38)45-36-30-21-18-25-13-7-10-16-28(25)34(30)40(47-36)51-42(52-41)44(43,3)4/h5-22H,1-4H3,(H2,45,46,47,48,49,50,51,52). The molecule has 0 saturated heterocycles. The van der Waals surface area contributed by atoms with Crippen LogP contribution in [0.2, 0.25) is 0 Å². The van der Waals surface area contributed by atoms with E-state index < -0.39 is 10.8 Å². The second-order valence-electron chi connectivity index (χ2n) is 15.0. The van der Waals surface area contributed by atoms with Gasteiger partial charge < -0.3 is 9.97 Å². The molecule has 6 aromatic carbocycles. The van der Waals surface area contributed by atoms with Crippen LogP contribution < -0.4 is 0 Å². The minimum absolute atomic E-state index is 0.444. The van der Waals surface area contributed by atoms with Crippen LogP contribution in [0, 0.1) is 0 Å². The minimum atomic E-state index is -0.445. The van der Waals surface area contributed by atoms with E-state index in [0.29, 0.717) is 45.9 Å². The maximum atomic E-state index is 5.38. The Morgan fingerprint density at radius 3 is 1.46 bits per heavy atom. The van der Waals surface area contributed by atoms with Crippen molar-refractivity contribution in [1.29, 1.82) is 0 Å². The van der Waals surface area contributed by atoms with Crippen LogP contribution in [-0.4, -0.2) is 39.9 Å². The van der Waals surface area contributed by atoms with Crippen LogP contribution in [0.1, 0.15) is 39.3 Å². The van der Waals surface area contributed by atoms with Gasteiger partial charge in [-0.25, -0.2) is 29.9 Å². The average Bonchev–Trinajstić information content (AvgIpc) is 3.85. The summed E-state index contributed by atoms with van der Waals surface area (Å²) in [6, 6.07) is 38.0.